The van der Waals surface area contributed by atoms with Gasteiger partial charge in [-0.2, -0.15) is 0 Å². The van der Waals surface area contributed by atoms with Crippen LogP contribution in [0.2, 0.25) is 0 Å². The first-order chi connectivity index (χ1) is 7.70. The van der Waals surface area contributed by atoms with Gasteiger partial charge >= 0.3 is 0 Å². The molecule has 0 saturated heterocycles. The van der Waals surface area contributed by atoms with Crippen molar-refractivity contribution in [1.82, 2.24) is 20.3 Å². The summed E-state index contributed by atoms with van der Waals surface area (Å²) < 4.78 is 27.3. The Balaban J connectivity index is 2.78. The Morgan fingerprint density at radius 3 is 2.69 bits per heavy atom. The first-order valence-electron chi connectivity index (χ1n) is 5.60. The molecule has 0 fully saturated rings. The molecule has 1 atom stereocenters. The van der Waals surface area contributed by atoms with Crippen molar-refractivity contribution >= 4 is 0 Å². The molecule has 1 heterocycles. The monoisotopic (exact) mass is 232 g/mol. The molecule has 6 heteroatoms. The molecule has 92 valence electrons. The third-order valence-corrected chi connectivity index (χ3v) is 2.27. The second kappa shape index (κ2) is 6.52. The summed E-state index contributed by atoms with van der Waals surface area (Å²) in [4.78, 5) is 0. The Morgan fingerprint density at radius 2 is 2.12 bits per heavy atom. The topological polar surface area (TPSA) is 42.7 Å². The second-order valence-corrected chi connectivity index (χ2v) is 3.65. The van der Waals surface area contributed by atoms with Crippen molar-refractivity contribution in [3.63, 3.8) is 0 Å². The maximum absolute atomic E-state index is 12.9. The highest BCUT2D eigenvalue weighted by Gasteiger charge is 2.25. The molecule has 4 nitrogen and oxygen atoms in total. The molecule has 0 aliphatic carbocycles. The fraction of sp³-hybridized carbons (Fsp3) is 0.800. The fourth-order valence-corrected chi connectivity index (χ4v) is 1.51. The van der Waals surface area contributed by atoms with Gasteiger partial charge in [0.05, 0.1) is 11.9 Å². The summed E-state index contributed by atoms with van der Waals surface area (Å²) in [7, 11) is 0. The zero-order chi connectivity index (χ0) is 12.0. The number of alkyl halides is 2. The van der Waals surface area contributed by atoms with E-state index in [9.17, 15) is 8.78 Å². The average molecular weight is 232 g/mol. The maximum Gasteiger partial charge on any atom is 0.259 e. The molecule has 1 unspecified atom stereocenters. The van der Waals surface area contributed by atoms with Crippen LogP contribution in [0.15, 0.2) is 6.20 Å². The van der Waals surface area contributed by atoms with Gasteiger partial charge in [0.2, 0.25) is 0 Å². The largest absolute Gasteiger partial charge is 0.304 e. The van der Waals surface area contributed by atoms with Gasteiger partial charge in [0.15, 0.2) is 0 Å². The third-order valence-electron chi connectivity index (χ3n) is 2.27. The lowest BCUT2D eigenvalue weighted by molar-refractivity contribution is 0.0941. The highest BCUT2D eigenvalue weighted by Crippen LogP contribution is 2.19. The summed E-state index contributed by atoms with van der Waals surface area (Å²) in [5.41, 5.74) is 0.463. The lowest BCUT2D eigenvalue weighted by atomic mass is 10.2. The molecule has 1 aromatic rings. The number of nitrogens with one attached hydrogen (secondary N) is 1. The zero-order valence-electron chi connectivity index (χ0n) is 9.66. The van der Waals surface area contributed by atoms with Crippen LogP contribution in [0.3, 0.4) is 0 Å². The van der Waals surface area contributed by atoms with Gasteiger partial charge in [-0.15, -0.1) is 5.10 Å². The smallest absolute Gasteiger partial charge is 0.259 e. The SMILES string of the molecule is CCCNC(c1cnnn1CCC)C(F)F. The third kappa shape index (κ3) is 3.23. The summed E-state index contributed by atoms with van der Waals surface area (Å²) in [5, 5.41) is 10.3. The molecule has 0 aromatic carbocycles. The molecule has 16 heavy (non-hydrogen) atoms. The van der Waals surface area contributed by atoms with E-state index in [4.69, 9.17) is 0 Å². The number of hydrogen-bond acceptors (Lipinski definition) is 3. The highest BCUT2D eigenvalue weighted by atomic mass is 19.3. The van der Waals surface area contributed by atoms with Crippen molar-refractivity contribution in [3.05, 3.63) is 11.9 Å². The van der Waals surface area contributed by atoms with E-state index in [0.29, 0.717) is 18.8 Å². The normalized spacial score (nSPS) is 13.3. The molecule has 0 saturated carbocycles. The standard InChI is InChI=1S/C10H18F2N4/c1-3-5-13-9(10(11)12)8-7-14-15-16(8)6-4-2/h7,9-10,13H,3-6H2,1-2H3. The number of halogens is 2. The van der Waals surface area contributed by atoms with Crippen LogP contribution < -0.4 is 5.32 Å². The first kappa shape index (κ1) is 13.0. The van der Waals surface area contributed by atoms with Crippen molar-refractivity contribution in [2.75, 3.05) is 6.54 Å². The lowest BCUT2D eigenvalue weighted by Crippen LogP contribution is -2.30. The lowest BCUT2D eigenvalue weighted by Gasteiger charge is -2.18. The van der Waals surface area contributed by atoms with Gasteiger partial charge in [-0.3, -0.25) is 0 Å². The van der Waals surface area contributed by atoms with Crippen LogP contribution in [0.1, 0.15) is 38.4 Å². The number of rotatable bonds is 7. The summed E-state index contributed by atoms with van der Waals surface area (Å²) in [6.45, 7) is 5.10. The van der Waals surface area contributed by atoms with Gasteiger partial charge in [-0.05, 0) is 19.4 Å². The Morgan fingerprint density at radius 1 is 1.38 bits per heavy atom. The van der Waals surface area contributed by atoms with Crippen LogP contribution in [-0.2, 0) is 6.54 Å². The number of hydrogen-bond donors (Lipinski definition) is 1. The van der Waals surface area contributed by atoms with Crippen molar-refractivity contribution in [3.8, 4) is 0 Å². The molecular formula is C10H18F2N4. The van der Waals surface area contributed by atoms with E-state index in [1.807, 2.05) is 13.8 Å². The summed E-state index contributed by atoms with van der Waals surface area (Å²) >= 11 is 0. The van der Waals surface area contributed by atoms with Crippen LogP contribution in [0.25, 0.3) is 0 Å². The molecule has 1 N–H and O–H groups in total. The second-order valence-electron chi connectivity index (χ2n) is 3.65. The number of aryl methyl sites for hydroxylation is 1. The van der Waals surface area contributed by atoms with Crippen LogP contribution in [0, 0.1) is 0 Å². The minimum Gasteiger partial charge on any atom is -0.304 e. The average Bonchev–Trinajstić information content (AvgIpc) is 2.67. The Hall–Kier alpha value is -1.04. The van der Waals surface area contributed by atoms with Crippen molar-refractivity contribution in [2.24, 2.45) is 0 Å². The minimum atomic E-state index is -2.44. The Labute approximate surface area is 94.0 Å². The van der Waals surface area contributed by atoms with E-state index >= 15 is 0 Å². The molecule has 0 aliphatic heterocycles. The van der Waals surface area contributed by atoms with Gasteiger partial charge in [0.1, 0.15) is 6.04 Å². The van der Waals surface area contributed by atoms with Gasteiger partial charge < -0.3 is 5.32 Å². The molecule has 0 spiro atoms. The van der Waals surface area contributed by atoms with E-state index in [2.05, 4.69) is 15.6 Å². The molecule has 1 aromatic heterocycles. The van der Waals surface area contributed by atoms with E-state index in [1.54, 1.807) is 4.68 Å². The predicted octanol–water partition coefficient (Wildman–Crippen LogP) is 1.99. The fourth-order valence-electron chi connectivity index (χ4n) is 1.51. The van der Waals surface area contributed by atoms with Crippen LogP contribution in [0.5, 0.6) is 0 Å². The van der Waals surface area contributed by atoms with Crippen LogP contribution in [0.4, 0.5) is 8.78 Å². The Kier molecular flexibility index (Phi) is 5.31. The minimum absolute atomic E-state index is 0.463. The highest BCUT2D eigenvalue weighted by molar-refractivity contribution is 5.03. The van der Waals surface area contributed by atoms with Gasteiger partial charge in [0, 0.05) is 6.54 Å². The van der Waals surface area contributed by atoms with Crippen molar-refractivity contribution in [2.45, 2.75) is 45.7 Å². The van der Waals surface area contributed by atoms with Crippen LogP contribution >= 0.6 is 0 Å². The van der Waals surface area contributed by atoms with E-state index in [-0.39, 0.29) is 0 Å². The molecule has 0 amide bonds. The first-order valence-corrected chi connectivity index (χ1v) is 5.60. The van der Waals surface area contributed by atoms with E-state index in [0.717, 1.165) is 12.8 Å². The maximum atomic E-state index is 12.9. The predicted molar refractivity (Wildman–Crippen MR) is 57.4 cm³/mol. The van der Waals surface area contributed by atoms with Gasteiger partial charge in [-0.25, -0.2) is 13.5 Å². The molecular weight excluding hydrogens is 214 g/mol. The van der Waals surface area contributed by atoms with Crippen molar-refractivity contribution in [1.29, 1.82) is 0 Å². The number of nitrogens with zero attached hydrogens (tertiary/aromatic N) is 3. The van der Waals surface area contributed by atoms with Gasteiger partial charge in [-0.1, -0.05) is 19.1 Å². The zero-order valence-corrected chi connectivity index (χ0v) is 9.66. The number of aromatic nitrogens is 3. The van der Waals surface area contributed by atoms with E-state index < -0.39 is 12.5 Å². The van der Waals surface area contributed by atoms with Gasteiger partial charge in [0.25, 0.3) is 6.43 Å². The molecule has 1 rings (SSSR count). The molecule has 0 bridgehead atoms. The summed E-state index contributed by atoms with van der Waals surface area (Å²) in [6, 6.07) is -0.971. The Bertz CT molecular complexity index is 301. The molecule has 0 aliphatic rings. The quantitative estimate of drug-likeness (QED) is 0.781. The molecule has 0 radical (unpaired) electrons. The van der Waals surface area contributed by atoms with Crippen molar-refractivity contribution < 1.29 is 8.78 Å². The van der Waals surface area contributed by atoms with E-state index in [1.165, 1.54) is 6.20 Å². The summed E-state index contributed by atoms with van der Waals surface area (Å²) in [5.74, 6) is 0. The summed E-state index contributed by atoms with van der Waals surface area (Å²) in [6.07, 6.45) is 0.633. The van der Waals surface area contributed by atoms with Crippen LogP contribution in [-0.4, -0.2) is 28.0 Å².